The van der Waals surface area contributed by atoms with Crippen LogP contribution in [0.15, 0.2) is 24.3 Å². The molecule has 224 valence electrons. The van der Waals surface area contributed by atoms with E-state index >= 15 is 0 Å². The highest BCUT2D eigenvalue weighted by Gasteiger charge is 2.51. The maximum Gasteiger partial charge on any atom is 0.317 e. The summed E-state index contributed by atoms with van der Waals surface area (Å²) in [4.78, 5) is 38.6. The van der Waals surface area contributed by atoms with Crippen LogP contribution in [-0.2, 0) is 44.9 Å². The molecule has 9 heteroatoms. The molecule has 1 saturated carbocycles. The average Bonchev–Trinajstić information content (AvgIpc) is 3.66. The molecule has 6 rings (SSSR count). The highest BCUT2D eigenvalue weighted by atomic mass is 16.6. The third kappa shape index (κ3) is 5.99. The molecule has 2 aliphatic heterocycles. The standard InChI is InChI=1S/C33H43N5O4/c1-4-25-18-24(9-10-26(25)21-37-13-15-41-16-14-37)11-12-33(27-7-5-6-8-27)20-29(39)28(31(40)42-33)19-30-35-32-34-22(2)17-23(3)38(32)36-30/h9-10,17-18,27-28H,4-8,11-16,19-21H2,1-3H3. The van der Waals surface area contributed by atoms with Gasteiger partial charge in [0.2, 0.25) is 0 Å². The van der Waals surface area contributed by atoms with Gasteiger partial charge in [-0.15, -0.1) is 5.10 Å². The molecule has 0 amide bonds. The molecule has 42 heavy (non-hydrogen) atoms. The van der Waals surface area contributed by atoms with Gasteiger partial charge in [-0.1, -0.05) is 38.0 Å². The van der Waals surface area contributed by atoms with E-state index in [0.29, 0.717) is 18.0 Å². The lowest BCUT2D eigenvalue weighted by Crippen LogP contribution is -2.52. The summed E-state index contributed by atoms with van der Waals surface area (Å²) in [5.41, 5.74) is 5.01. The van der Waals surface area contributed by atoms with E-state index in [-0.39, 0.29) is 24.5 Å². The molecule has 2 aromatic heterocycles. The lowest BCUT2D eigenvalue weighted by molar-refractivity contribution is -0.185. The molecule has 2 saturated heterocycles. The van der Waals surface area contributed by atoms with E-state index in [1.54, 1.807) is 4.52 Å². The average molecular weight is 574 g/mol. The monoisotopic (exact) mass is 573 g/mol. The van der Waals surface area contributed by atoms with E-state index in [9.17, 15) is 9.59 Å². The van der Waals surface area contributed by atoms with Crippen LogP contribution in [0.1, 0.15) is 79.4 Å². The molecule has 9 nitrogen and oxygen atoms in total. The molecule has 1 aromatic carbocycles. The summed E-state index contributed by atoms with van der Waals surface area (Å²) in [6, 6.07) is 8.74. The van der Waals surface area contributed by atoms with Gasteiger partial charge in [0.15, 0.2) is 11.6 Å². The summed E-state index contributed by atoms with van der Waals surface area (Å²) in [5.74, 6) is -0.183. The van der Waals surface area contributed by atoms with Crippen LogP contribution in [0.5, 0.6) is 0 Å². The van der Waals surface area contributed by atoms with Crippen molar-refractivity contribution in [3.05, 3.63) is 58.2 Å². The fourth-order valence-electron chi connectivity index (χ4n) is 7.23. The number of hydrogen-bond acceptors (Lipinski definition) is 8. The normalized spacial score (nSPS) is 24.0. The van der Waals surface area contributed by atoms with Crippen LogP contribution in [0, 0.1) is 25.7 Å². The van der Waals surface area contributed by atoms with E-state index in [1.807, 2.05) is 19.9 Å². The first kappa shape index (κ1) is 28.9. The molecule has 3 aromatic rings. The molecule has 0 N–H and O–H groups in total. The number of ether oxygens (including phenoxy) is 2. The molecule has 3 aliphatic rings. The Morgan fingerprint density at radius 2 is 1.81 bits per heavy atom. The van der Waals surface area contributed by atoms with Crippen molar-refractivity contribution in [2.24, 2.45) is 11.8 Å². The van der Waals surface area contributed by atoms with Gasteiger partial charge in [-0.3, -0.25) is 14.5 Å². The third-order valence-electron chi connectivity index (χ3n) is 9.58. The van der Waals surface area contributed by atoms with Gasteiger partial charge in [0.25, 0.3) is 5.78 Å². The van der Waals surface area contributed by atoms with Crippen molar-refractivity contribution in [3.8, 4) is 0 Å². The molecule has 3 fully saturated rings. The van der Waals surface area contributed by atoms with Crippen LogP contribution in [0.4, 0.5) is 0 Å². The number of aryl methyl sites for hydroxylation is 4. The predicted molar refractivity (Wildman–Crippen MR) is 158 cm³/mol. The highest BCUT2D eigenvalue weighted by molar-refractivity contribution is 6.01. The summed E-state index contributed by atoms with van der Waals surface area (Å²) < 4.78 is 13.6. The molecule has 0 radical (unpaired) electrons. The number of morpholine rings is 1. The number of carbonyl (C=O) groups is 2. The zero-order valence-electron chi connectivity index (χ0n) is 25.2. The molecule has 0 bridgehead atoms. The summed E-state index contributed by atoms with van der Waals surface area (Å²) in [7, 11) is 0. The molecular weight excluding hydrogens is 530 g/mol. The van der Waals surface area contributed by atoms with Crippen molar-refractivity contribution in [1.82, 2.24) is 24.5 Å². The zero-order chi connectivity index (χ0) is 29.3. The van der Waals surface area contributed by atoms with Gasteiger partial charge in [-0.05, 0) is 74.6 Å². The number of nitrogens with zero attached hydrogens (tertiary/aromatic N) is 5. The minimum absolute atomic E-state index is 0.0482. The Hall–Kier alpha value is -3.17. The molecule has 4 heterocycles. The van der Waals surface area contributed by atoms with Crippen LogP contribution in [0.25, 0.3) is 5.78 Å². The van der Waals surface area contributed by atoms with Gasteiger partial charge in [0.05, 0.1) is 13.2 Å². The van der Waals surface area contributed by atoms with Crippen LogP contribution in [-0.4, -0.2) is 68.1 Å². The Kier molecular flexibility index (Phi) is 8.41. The minimum Gasteiger partial charge on any atom is -0.458 e. The first-order chi connectivity index (χ1) is 20.3. The quantitative estimate of drug-likeness (QED) is 0.275. The number of fused-ring (bicyclic) bond motifs is 1. The number of ketones is 1. The third-order valence-corrected chi connectivity index (χ3v) is 9.58. The van der Waals surface area contributed by atoms with Gasteiger partial charge >= 0.3 is 5.97 Å². The first-order valence-electron chi connectivity index (χ1n) is 15.7. The van der Waals surface area contributed by atoms with Crippen molar-refractivity contribution in [1.29, 1.82) is 0 Å². The number of benzene rings is 1. The smallest absolute Gasteiger partial charge is 0.317 e. The Bertz CT molecular complexity index is 1440. The summed E-state index contributed by atoms with van der Waals surface area (Å²) in [5, 5.41) is 4.54. The Morgan fingerprint density at radius 3 is 2.55 bits per heavy atom. The van der Waals surface area contributed by atoms with Crippen LogP contribution >= 0.6 is 0 Å². The zero-order valence-corrected chi connectivity index (χ0v) is 25.2. The van der Waals surface area contributed by atoms with Crippen molar-refractivity contribution < 1.29 is 19.1 Å². The van der Waals surface area contributed by atoms with Crippen molar-refractivity contribution in [3.63, 3.8) is 0 Å². The number of rotatable bonds is 9. The van der Waals surface area contributed by atoms with E-state index in [2.05, 4.69) is 45.1 Å². The van der Waals surface area contributed by atoms with Crippen LogP contribution < -0.4 is 0 Å². The highest BCUT2D eigenvalue weighted by Crippen LogP contribution is 2.45. The summed E-state index contributed by atoms with van der Waals surface area (Å²) in [6.45, 7) is 10.5. The molecule has 2 unspecified atom stereocenters. The van der Waals surface area contributed by atoms with E-state index in [1.165, 1.54) is 16.7 Å². The fraction of sp³-hybridized carbons (Fsp3) is 0.606. The number of aromatic nitrogens is 4. The molecule has 0 spiro atoms. The second-order valence-electron chi connectivity index (χ2n) is 12.5. The molecule has 1 aliphatic carbocycles. The predicted octanol–water partition coefficient (Wildman–Crippen LogP) is 4.37. The van der Waals surface area contributed by atoms with Crippen molar-refractivity contribution >= 4 is 17.5 Å². The Balaban J connectivity index is 1.17. The minimum atomic E-state index is -0.871. The summed E-state index contributed by atoms with van der Waals surface area (Å²) in [6.07, 6.45) is 7.09. The number of carbonyl (C=O) groups excluding carboxylic acids is 2. The molecular formula is C33H43N5O4. The number of Topliss-reactive ketones (excluding diaryl/α,β-unsaturated/α-hetero) is 1. The number of esters is 1. The SMILES string of the molecule is CCc1cc(CCC2(C3CCCC3)CC(=O)C(Cc3nc4nc(C)cc(C)n4n3)C(=O)O2)ccc1CN1CCOCC1. The Labute approximate surface area is 248 Å². The molecule has 2 atom stereocenters. The van der Waals surface area contributed by atoms with E-state index < -0.39 is 17.5 Å². The first-order valence-corrected chi connectivity index (χ1v) is 15.7. The Morgan fingerprint density at radius 1 is 1.02 bits per heavy atom. The van der Waals surface area contributed by atoms with E-state index in [4.69, 9.17) is 9.47 Å². The lowest BCUT2D eigenvalue weighted by atomic mass is 9.73. The van der Waals surface area contributed by atoms with Crippen LogP contribution in [0.2, 0.25) is 0 Å². The van der Waals surface area contributed by atoms with Gasteiger partial charge in [-0.25, -0.2) is 9.50 Å². The largest absolute Gasteiger partial charge is 0.458 e. The second kappa shape index (κ2) is 12.2. The topological polar surface area (TPSA) is 98.9 Å². The van der Waals surface area contributed by atoms with Crippen molar-refractivity contribution in [2.75, 3.05) is 26.3 Å². The van der Waals surface area contributed by atoms with Gasteiger partial charge < -0.3 is 9.47 Å². The fourth-order valence-corrected chi connectivity index (χ4v) is 7.23. The number of hydrogen-bond donors (Lipinski definition) is 0. The van der Waals surface area contributed by atoms with Crippen molar-refractivity contribution in [2.45, 2.75) is 90.7 Å². The summed E-state index contributed by atoms with van der Waals surface area (Å²) >= 11 is 0. The maximum atomic E-state index is 13.7. The van der Waals surface area contributed by atoms with E-state index in [0.717, 1.165) is 82.8 Å². The van der Waals surface area contributed by atoms with Gasteiger partial charge in [0.1, 0.15) is 11.5 Å². The number of cyclic esters (lactones) is 1. The van der Waals surface area contributed by atoms with Gasteiger partial charge in [-0.2, -0.15) is 4.98 Å². The van der Waals surface area contributed by atoms with Crippen LogP contribution in [0.3, 0.4) is 0 Å². The maximum absolute atomic E-state index is 13.7. The van der Waals surface area contributed by atoms with Gasteiger partial charge in [0, 0.05) is 43.9 Å². The lowest BCUT2D eigenvalue weighted by Gasteiger charge is -2.43. The second-order valence-corrected chi connectivity index (χ2v) is 12.5.